The summed E-state index contributed by atoms with van der Waals surface area (Å²) in [5, 5.41) is 13.0. The van der Waals surface area contributed by atoms with Crippen LogP contribution < -0.4 is 5.32 Å². The van der Waals surface area contributed by atoms with Crippen LogP contribution in [0.5, 0.6) is 0 Å². The van der Waals surface area contributed by atoms with Crippen molar-refractivity contribution < 1.29 is 19.2 Å². The molecule has 2 rings (SSSR count). The van der Waals surface area contributed by atoms with E-state index in [-0.39, 0.29) is 11.6 Å². The number of non-ortho nitro benzene ring substituents is 1. The molecule has 0 aliphatic rings. The van der Waals surface area contributed by atoms with Crippen molar-refractivity contribution in [1.29, 1.82) is 0 Å². The smallest absolute Gasteiger partial charge is 0.337 e. The Hall–Kier alpha value is -2.87. The molecule has 2 aromatic rings. The summed E-state index contributed by atoms with van der Waals surface area (Å²) in [5.41, 5.74) is 1.71. The molecule has 7 nitrogen and oxygen atoms in total. The molecule has 0 unspecified atom stereocenters. The molecule has 0 radical (unpaired) electrons. The maximum atomic E-state index is 12.4. The Morgan fingerprint density at radius 1 is 1.19 bits per heavy atom. The molecule has 136 valence electrons. The molecule has 0 aromatic heterocycles. The minimum atomic E-state index is -0.478. The van der Waals surface area contributed by atoms with Gasteiger partial charge in [0.1, 0.15) is 0 Å². The lowest BCUT2D eigenvalue weighted by atomic mass is 10.1. The van der Waals surface area contributed by atoms with Crippen molar-refractivity contribution >= 4 is 35.0 Å². The van der Waals surface area contributed by atoms with Gasteiger partial charge in [-0.3, -0.25) is 14.9 Å². The number of nitro groups is 1. The van der Waals surface area contributed by atoms with Gasteiger partial charge in [0.05, 0.1) is 22.8 Å². The van der Waals surface area contributed by atoms with Gasteiger partial charge in [-0.2, -0.15) is 0 Å². The van der Waals surface area contributed by atoms with E-state index in [4.69, 9.17) is 0 Å². The zero-order chi connectivity index (χ0) is 19.3. The average molecular weight is 374 g/mol. The van der Waals surface area contributed by atoms with Gasteiger partial charge in [0.15, 0.2) is 0 Å². The number of methoxy groups -OCH3 is 1. The second kappa shape index (κ2) is 8.48. The summed E-state index contributed by atoms with van der Waals surface area (Å²) < 4.78 is 4.69. The molecule has 1 amide bonds. The third-order valence-electron chi connectivity index (χ3n) is 3.65. The zero-order valence-corrected chi connectivity index (χ0v) is 15.3. The van der Waals surface area contributed by atoms with Crippen LogP contribution in [-0.2, 0) is 9.53 Å². The molecule has 0 spiro atoms. The highest BCUT2D eigenvalue weighted by Gasteiger charge is 2.17. The summed E-state index contributed by atoms with van der Waals surface area (Å²) in [6.07, 6.45) is 0. The number of ether oxygens (including phenoxy) is 1. The molecule has 0 fully saturated rings. The lowest BCUT2D eigenvalue weighted by Crippen LogP contribution is -2.23. The van der Waals surface area contributed by atoms with E-state index in [0.717, 1.165) is 10.5 Å². The highest BCUT2D eigenvalue weighted by molar-refractivity contribution is 8.00. The van der Waals surface area contributed by atoms with Gasteiger partial charge in [0.25, 0.3) is 5.69 Å². The van der Waals surface area contributed by atoms with Crippen LogP contribution in [0.2, 0.25) is 0 Å². The number of hydrogen-bond donors (Lipinski definition) is 1. The molecule has 8 heteroatoms. The van der Waals surface area contributed by atoms with Gasteiger partial charge >= 0.3 is 5.97 Å². The second-order valence-corrected chi connectivity index (χ2v) is 6.94. The van der Waals surface area contributed by atoms with Crippen LogP contribution in [0.3, 0.4) is 0 Å². The van der Waals surface area contributed by atoms with E-state index >= 15 is 0 Å². The summed E-state index contributed by atoms with van der Waals surface area (Å²) in [5.74, 6) is -0.715. The molecule has 26 heavy (non-hydrogen) atoms. The largest absolute Gasteiger partial charge is 0.465 e. The number of aryl methyl sites for hydroxylation is 1. The summed E-state index contributed by atoms with van der Waals surface area (Å²) in [4.78, 5) is 35.0. The van der Waals surface area contributed by atoms with Gasteiger partial charge in [0.2, 0.25) is 5.91 Å². The molecule has 1 N–H and O–H groups in total. The minimum absolute atomic E-state index is 0.00158. The van der Waals surface area contributed by atoms with Crippen LogP contribution in [0.25, 0.3) is 0 Å². The van der Waals surface area contributed by atoms with E-state index in [1.54, 1.807) is 37.3 Å². The minimum Gasteiger partial charge on any atom is -0.465 e. The van der Waals surface area contributed by atoms with Crippen molar-refractivity contribution in [3.8, 4) is 0 Å². The van der Waals surface area contributed by atoms with Crippen molar-refractivity contribution in [1.82, 2.24) is 0 Å². The number of amides is 1. The number of hydrogen-bond acceptors (Lipinski definition) is 6. The van der Waals surface area contributed by atoms with Crippen LogP contribution in [0, 0.1) is 17.0 Å². The molecule has 0 aliphatic carbocycles. The van der Waals surface area contributed by atoms with E-state index in [1.165, 1.54) is 31.0 Å². The Morgan fingerprint density at radius 3 is 2.42 bits per heavy atom. The quantitative estimate of drug-likeness (QED) is 0.357. The lowest BCUT2D eigenvalue weighted by molar-refractivity contribution is -0.384. The van der Waals surface area contributed by atoms with Gasteiger partial charge in [0, 0.05) is 22.7 Å². The molecule has 2 aromatic carbocycles. The third kappa shape index (κ3) is 4.82. The molecular weight excluding hydrogens is 356 g/mol. The van der Waals surface area contributed by atoms with Crippen LogP contribution in [0.15, 0.2) is 47.4 Å². The van der Waals surface area contributed by atoms with Gasteiger partial charge in [-0.05, 0) is 43.7 Å². The maximum Gasteiger partial charge on any atom is 0.337 e. The standard InChI is InChI=1S/C18H18N2O5S/c1-11-4-5-13(18(22)25-3)10-16(11)19-17(21)12(2)26-15-8-6-14(7-9-15)20(23)24/h4-10,12H,1-3H3,(H,19,21)/t12-/m0/s1. The Labute approximate surface area is 154 Å². The average Bonchev–Trinajstić information content (AvgIpc) is 2.63. The number of esters is 1. The first kappa shape index (κ1) is 19.5. The van der Waals surface area contributed by atoms with Crippen LogP contribution in [0.1, 0.15) is 22.8 Å². The first-order valence-electron chi connectivity index (χ1n) is 7.72. The number of nitro benzene ring substituents is 1. The third-order valence-corrected chi connectivity index (χ3v) is 4.76. The molecule has 0 saturated heterocycles. The Morgan fingerprint density at radius 2 is 1.85 bits per heavy atom. The predicted octanol–water partition coefficient (Wildman–Crippen LogP) is 3.81. The second-order valence-electron chi connectivity index (χ2n) is 5.52. The van der Waals surface area contributed by atoms with Gasteiger partial charge < -0.3 is 10.1 Å². The first-order valence-corrected chi connectivity index (χ1v) is 8.60. The molecular formula is C18H18N2O5S. The Kier molecular flexibility index (Phi) is 6.35. The summed E-state index contributed by atoms with van der Waals surface area (Å²) in [6.45, 7) is 3.56. The number of benzene rings is 2. The Balaban J connectivity index is 2.07. The van der Waals surface area contributed by atoms with E-state index < -0.39 is 16.1 Å². The summed E-state index contributed by atoms with van der Waals surface area (Å²) >= 11 is 1.29. The number of anilines is 1. The Bertz CT molecular complexity index is 836. The van der Waals surface area contributed by atoms with Crippen molar-refractivity contribution in [3.63, 3.8) is 0 Å². The number of nitrogens with zero attached hydrogens (tertiary/aromatic N) is 1. The fourth-order valence-electron chi connectivity index (χ4n) is 2.14. The van der Waals surface area contributed by atoms with Crippen molar-refractivity contribution in [3.05, 3.63) is 63.7 Å². The highest BCUT2D eigenvalue weighted by atomic mass is 32.2. The number of carbonyl (C=O) groups is 2. The maximum absolute atomic E-state index is 12.4. The van der Waals surface area contributed by atoms with Crippen LogP contribution in [-0.4, -0.2) is 29.2 Å². The highest BCUT2D eigenvalue weighted by Crippen LogP contribution is 2.27. The number of nitrogens with one attached hydrogen (secondary N) is 1. The van der Waals surface area contributed by atoms with Gasteiger partial charge in [-0.1, -0.05) is 6.07 Å². The molecule has 0 bridgehead atoms. The number of carbonyl (C=O) groups excluding carboxylic acids is 2. The topological polar surface area (TPSA) is 98.5 Å². The van der Waals surface area contributed by atoms with Crippen molar-refractivity contribution in [2.45, 2.75) is 24.0 Å². The summed E-state index contributed by atoms with van der Waals surface area (Å²) in [6, 6.07) is 10.9. The molecule has 0 aliphatic heterocycles. The van der Waals surface area contributed by atoms with E-state index in [2.05, 4.69) is 10.1 Å². The monoisotopic (exact) mass is 374 g/mol. The number of thioether (sulfide) groups is 1. The van der Waals surface area contributed by atoms with E-state index in [9.17, 15) is 19.7 Å². The first-order chi connectivity index (χ1) is 12.3. The lowest BCUT2D eigenvalue weighted by Gasteiger charge is -2.14. The van der Waals surface area contributed by atoms with Crippen molar-refractivity contribution in [2.75, 3.05) is 12.4 Å². The fraction of sp³-hybridized carbons (Fsp3) is 0.222. The molecule has 0 heterocycles. The molecule has 1 atom stereocenters. The molecule has 0 saturated carbocycles. The normalized spacial score (nSPS) is 11.5. The zero-order valence-electron chi connectivity index (χ0n) is 14.5. The van der Waals surface area contributed by atoms with Crippen LogP contribution >= 0.6 is 11.8 Å². The number of rotatable bonds is 6. The van der Waals surface area contributed by atoms with Gasteiger partial charge in [-0.25, -0.2) is 4.79 Å². The van der Waals surface area contributed by atoms with E-state index in [0.29, 0.717) is 11.3 Å². The van der Waals surface area contributed by atoms with E-state index in [1.807, 2.05) is 6.92 Å². The van der Waals surface area contributed by atoms with Crippen molar-refractivity contribution in [2.24, 2.45) is 0 Å². The summed E-state index contributed by atoms with van der Waals surface area (Å²) in [7, 11) is 1.29. The predicted molar refractivity (Wildman–Crippen MR) is 99.6 cm³/mol. The fourth-order valence-corrected chi connectivity index (χ4v) is 3.01. The van der Waals surface area contributed by atoms with Crippen LogP contribution in [0.4, 0.5) is 11.4 Å². The SMILES string of the molecule is COC(=O)c1ccc(C)c(NC(=O)[C@H](C)Sc2ccc([N+](=O)[O-])cc2)c1. The van der Waals surface area contributed by atoms with Gasteiger partial charge in [-0.15, -0.1) is 11.8 Å².